The highest BCUT2D eigenvalue weighted by Crippen LogP contribution is 2.32. The quantitative estimate of drug-likeness (QED) is 0.892. The molecular weight excluding hydrogens is 320 g/mol. The number of carbonyl (C=O) groups excluding carboxylic acids is 1. The van der Waals surface area contributed by atoms with E-state index in [1.54, 1.807) is 42.5 Å². The number of rotatable bonds is 4. The van der Waals surface area contributed by atoms with Crippen LogP contribution in [0.1, 0.15) is 10.4 Å². The number of sulfonamides is 1. The number of benzene rings is 2. The molecule has 0 radical (unpaired) electrons. The van der Waals surface area contributed by atoms with Gasteiger partial charge in [0.25, 0.3) is 5.91 Å². The molecule has 7 nitrogen and oxygen atoms in total. The summed E-state index contributed by atoms with van der Waals surface area (Å²) in [7, 11) is -3.33. The molecule has 23 heavy (non-hydrogen) atoms. The number of anilines is 2. The fourth-order valence-electron chi connectivity index (χ4n) is 2.08. The fourth-order valence-corrected chi connectivity index (χ4v) is 2.64. The highest BCUT2D eigenvalue weighted by Gasteiger charge is 2.16. The summed E-state index contributed by atoms with van der Waals surface area (Å²) < 4.78 is 35.1. The summed E-state index contributed by atoms with van der Waals surface area (Å²) in [6.45, 7) is 0.148. The fraction of sp³-hybridized carbons (Fsp3) is 0.133. The van der Waals surface area contributed by atoms with Gasteiger partial charge in [0, 0.05) is 16.9 Å². The summed E-state index contributed by atoms with van der Waals surface area (Å²) in [4.78, 5) is 12.2. The van der Waals surface area contributed by atoms with Crippen LogP contribution in [-0.2, 0) is 10.0 Å². The molecule has 2 aromatic rings. The zero-order chi connectivity index (χ0) is 16.4. The van der Waals surface area contributed by atoms with Crippen LogP contribution in [0, 0.1) is 0 Å². The summed E-state index contributed by atoms with van der Waals surface area (Å²) in [5.41, 5.74) is 1.41. The predicted molar refractivity (Wildman–Crippen MR) is 85.4 cm³/mol. The lowest BCUT2D eigenvalue weighted by molar-refractivity contribution is 0.102. The van der Waals surface area contributed by atoms with E-state index in [1.165, 1.54) is 0 Å². The van der Waals surface area contributed by atoms with Crippen LogP contribution in [-0.4, -0.2) is 27.4 Å². The van der Waals surface area contributed by atoms with Crippen molar-refractivity contribution in [1.82, 2.24) is 0 Å². The first-order valence-electron chi connectivity index (χ1n) is 6.69. The monoisotopic (exact) mass is 334 g/mol. The molecule has 0 atom stereocenters. The first-order chi connectivity index (χ1) is 10.9. The average Bonchev–Trinajstić information content (AvgIpc) is 2.95. The Morgan fingerprint density at radius 1 is 1.00 bits per heavy atom. The molecule has 2 N–H and O–H groups in total. The van der Waals surface area contributed by atoms with Gasteiger partial charge in [-0.3, -0.25) is 9.52 Å². The van der Waals surface area contributed by atoms with Crippen LogP contribution in [0.2, 0.25) is 0 Å². The summed E-state index contributed by atoms with van der Waals surface area (Å²) in [5, 5.41) is 2.73. The minimum Gasteiger partial charge on any atom is -0.454 e. The van der Waals surface area contributed by atoms with Crippen molar-refractivity contribution in [3.05, 3.63) is 48.0 Å². The van der Waals surface area contributed by atoms with Crippen LogP contribution in [0.3, 0.4) is 0 Å². The summed E-state index contributed by atoms with van der Waals surface area (Å²) in [6.07, 6.45) is 1.07. The highest BCUT2D eigenvalue weighted by atomic mass is 32.2. The summed E-state index contributed by atoms with van der Waals surface area (Å²) in [6, 6.07) is 11.3. The largest absolute Gasteiger partial charge is 0.454 e. The van der Waals surface area contributed by atoms with Gasteiger partial charge < -0.3 is 14.8 Å². The van der Waals surface area contributed by atoms with Gasteiger partial charge in [-0.15, -0.1) is 0 Å². The number of carbonyl (C=O) groups is 1. The molecule has 2 aromatic carbocycles. The average molecular weight is 334 g/mol. The van der Waals surface area contributed by atoms with Crippen LogP contribution in [0.4, 0.5) is 11.4 Å². The van der Waals surface area contributed by atoms with E-state index >= 15 is 0 Å². The van der Waals surface area contributed by atoms with Gasteiger partial charge in [0.15, 0.2) is 11.5 Å². The molecule has 0 aromatic heterocycles. The van der Waals surface area contributed by atoms with Crippen molar-refractivity contribution < 1.29 is 22.7 Å². The second-order valence-corrected chi connectivity index (χ2v) is 6.72. The molecular formula is C15H14N2O5S. The van der Waals surface area contributed by atoms with E-state index < -0.39 is 10.0 Å². The second-order valence-electron chi connectivity index (χ2n) is 4.97. The molecule has 3 rings (SSSR count). The van der Waals surface area contributed by atoms with E-state index in [0.717, 1.165) is 6.26 Å². The molecule has 1 aliphatic rings. The maximum Gasteiger partial charge on any atom is 0.255 e. The van der Waals surface area contributed by atoms with Crippen LogP contribution in [0.25, 0.3) is 0 Å². The van der Waals surface area contributed by atoms with Gasteiger partial charge in [0.1, 0.15) is 0 Å². The summed E-state index contributed by atoms with van der Waals surface area (Å²) in [5.74, 6) is 0.843. The zero-order valence-corrected chi connectivity index (χ0v) is 13.0. The third kappa shape index (κ3) is 3.72. The minimum atomic E-state index is -3.33. The third-order valence-corrected chi connectivity index (χ3v) is 3.69. The van der Waals surface area contributed by atoms with Crippen LogP contribution < -0.4 is 19.5 Å². The van der Waals surface area contributed by atoms with Crippen molar-refractivity contribution in [3.8, 4) is 11.5 Å². The third-order valence-electron chi connectivity index (χ3n) is 3.08. The maximum absolute atomic E-state index is 12.2. The highest BCUT2D eigenvalue weighted by molar-refractivity contribution is 7.92. The van der Waals surface area contributed by atoms with Crippen molar-refractivity contribution in [1.29, 1.82) is 0 Å². The van der Waals surface area contributed by atoms with Crippen molar-refractivity contribution in [2.45, 2.75) is 0 Å². The first kappa shape index (κ1) is 15.2. The molecule has 1 amide bonds. The Morgan fingerprint density at radius 2 is 1.65 bits per heavy atom. The van der Waals surface area contributed by atoms with Gasteiger partial charge in [-0.25, -0.2) is 8.42 Å². The van der Waals surface area contributed by atoms with Crippen molar-refractivity contribution in [3.63, 3.8) is 0 Å². The van der Waals surface area contributed by atoms with E-state index in [2.05, 4.69) is 10.0 Å². The Balaban J connectivity index is 1.70. The lowest BCUT2D eigenvalue weighted by atomic mass is 10.2. The van der Waals surface area contributed by atoms with E-state index in [1.807, 2.05) is 0 Å². The van der Waals surface area contributed by atoms with Gasteiger partial charge in [0.05, 0.1) is 6.26 Å². The lowest BCUT2D eigenvalue weighted by Gasteiger charge is -2.08. The van der Waals surface area contributed by atoms with Crippen molar-refractivity contribution in [2.24, 2.45) is 0 Å². The number of hydrogen-bond acceptors (Lipinski definition) is 5. The SMILES string of the molecule is CS(=O)(=O)Nc1ccc(NC(=O)c2ccc3c(c2)OCO3)cc1. The molecule has 120 valence electrons. The smallest absolute Gasteiger partial charge is 0.255 e. The Morgan fingerprint density at radius 3 is 2.35 bits per heavy atom. The van der Waals surface area contributed by atoms with Crippen LogP contribution in [0.15, 0.2) is 42.5 Å². The van der Waals surface area contributed by atoms with Crippen LogP contribution >= 0.6 is 0 Å². The Hall–Kier alpha value is -2.74. The topological polar surface area (TPSA) is 93.7 Å². The van der Waals surface area contributed by atoms with E-state index in [9.17, 15) is 13.2 Å². The number of nitrogens with one attached hydrogen (secondary N) is 2. The molecule has 0 saturated heterocycles. The van der Waals surface area contributed by atoms with Crippen LogP contribution in [0.5, 0.6) is 11.5 Å². The first-order valence-corrected chi connectivity index (χ1v) is 8.59. The molecule has 0 saturated carbocycles. The number of amides is 1. The molecule has 0 spiro atoms. The van der Waals surface area contributed by atoms with Crippen molar-refractivity contribution >= 4 is 27.3 Å². The molecule has 0 unspecified atom stereocenters. The van der Waals surface area contributed by atoms with Gasteiger partial charge in [-0.1, -0.05) is 0 Å². The lowest BCUT2D eigenvalue weighted by Crippen LogP contribution is -2.12. The van der Waals surface area contributed by atoms with Gasteiger partial charge in [-0.2, -0.15) is 0 Å². The molecule has 0 fully saturated rings. The predicted octanol–water partition coefficient (Wildman–Crippen LogP) is 2.04. The van der Waals surface area contributed by atoms with E-state index in [0.29, 0.717) is 28.4 Å². The molecule has 1 aliphatic heterocycles. The second kappa shape index (κ2) is 5.81. The number of hydrogen-bond donors (Lipinski definition) is 2. The van der Waals surface area contributed by atoms with Gasteiger partial charge in [0.2, 0.25) is 16.8 Å². The Kier molecular flexibility index (Phi) is 3.83. The zero-order valence-electron chi connectivity index (χ0n) is 12.2. The number of fused-ring (bicyclic) bond motifs is 1. The van der Waals surface area contributed by atoms with Gasteiger partial charge in [-0.05, 0) is 42.5 Å². The minimum absolute atomic E-state index is 0.148. The summed E-state index contributed by atoms with van der Waals surface area (Å²) >= 11 is 0. The van der Waals surface area contributed by atoms with Crippen molar-refractivity contribution in [2.75, 3.05) is 23.1 Å². The molecule has 0 aliphatic carbocycles. The number of ether oxygens (including phenoxy) is 2. The Bertz CT molecular complexity index is 847. The maximum atomic E-state index is 12.2. The normalized spacial score (nSPS) is 12.7. The standard InChI is InChI=1S/C15H14N2O5S/c1-23(19,20)17-12-5-3-11(4-6-12)16-15(18)10-2-7-13-14(8-10)22-9-21-13/h2-8,17H,9H2,1H3,(H,16,18). The van der Waals surface area contributed by atoms with E-state index in [4.69, 9.17) is 9.47 Å². The Labute approximate surface area is 133 Å². The van der Waals surface area contributed by atoms with Gasteiger partial charge >= 0.3 is 0 Å². The molecule has 8 heteroatoms. The molecule has 1 heterocycles. The molecule has 0 bridgehead atoms. The van der Waals surface area contributed by atoms with E-state index in [-0.39, 0.29) is 12.7 Å².